The molecule has 4 N–H and O–H groups in total. The maximum absolute atomic E-state index is 13.6. The zero-order valence-corrected chi connectivity index (χ0v) is 11.0. The molecule has 0 spiro atoms. The number of benzene rings is 2. The summed E-state index contributed by atoms with van der Waals surface area (Å²) in [5, 5.41) is 11.8. The zero-order chi connectivity index (χ0) is 15.4. The molecular formula is C15H13FN2O3. The molecule has 0 saturated carbocycles. The number of hydrogen-bond donors (Lipinski definition) is 3. The lowest BCUT2D eigenvalue weighted by molar-refractivity contribution is 0.0696. The lowest BCUT2D eigenvalue weighted by Gasteiger charge is -2.09. The van der Waals surface area contributed by atoms with E-state index in [4.69, 9.17) is 10.8 Å². The number of halogens is 1. The Morgan fingerprint density at radius 1 is 1.14 bits per heavy atom. The van der Waals surface area contributed by atoms with Crippen molar-refractivity contribution in [3.63, 3.8) is 0 Å². The summed E-state index contributed by atoms with van der Waals surface area (Å²) in [5.41, 5.74) is 6.33. The second-order valence-electron chi connectivity index (χ2n) is 4.41. The molecule has 2 aromatic rings. The van der Waals surface area contributed by atoms with Crippen LogP contribution < -0.4 is 11.1 Å². The highest BCUT2D eigenvalue weighted by atomic mass is 19.1. The van der Waals surface area contributed by atoms with Crippen LogP contribution >= 0.6 is 0 Å². The third kappa shape index (κ3) is 3.56. The number of carbonyl (C=O) groups excluding carboxylic acids is 1. The Hall–Kier alpha value is -2.89. The summed E-state index contributed by atoms with van der Waals surface area (Å²) in [6.45, 7) is 0.0924. The summed E-state index contributed by atoms with van der Waals surface area (Å²) in [4.78, 5) is 21.9. The van der Waals surface area contributed by atoms with E-state index in [9.17, 15) is 14.0 Å². The molecule has 0 atom stereocenters. The fourth-order valence-electron chi connectivity index (χ4n) is 1.82. The Morgan fingerprint density at radius 2 is 1.90 bits per heavy atom. The Bertz CT molecular complexity index is 701. The van der Waals surface area contributed by atoms with E-state index in [-0.39, 0.29) is 17.7 Å². The Morgan fingerprint density at radius 3 is 2.57 bits per heavy atom. The van der Waals surface area contributed by atoms with Crippen LogP contribution in [0.25, 0.3) is 0 Å². The van der Waals surface area contributed by atoms with E-state index in [0.717, 1.165) is 6.07 Å². The fourth-order valence-corrected chi connectivity index (χ4v) is 1.82. The van der Waals surface area contributed by atoms with Crippen molar-refractivity contribution in [2.24, 2.45) is 5.73 Å². The van der Waals surface area contributed by atoms with E-state index in [1.54, 1.807) is 24.3 Å². The molecule has 2 aromatic carbocycles. The number of primary amides is 1. The molecule has 0 fully saturated rings. The van der Waals surface area contributed by atoms with Gasteiger partial charge in [-0.2, -0.15) is 0 Å². The van der Waals surface area contributed by atoms with Crippen molar-refractivity contribution < 1.29 is 19.1 Å². The van der Waals surface area contributed by atoms with E-state index < -0.39 is 17.7 Å². The molecule has 0 bridgehead atoms. The van der Waals surface area contributed by atoms with Crippen LogP contribution in [-0.2, 0) is 6.54 Å². The van der Waals surface area contributed by atoms with E-state index in [2.05, 4.69) is 5.32 Å². The van der Waals surface area contributed by atoms with Gasteiger partial charge in [0, 0.05) is 23.4 Å². The molecule has 0 aromatic heterocycles. The number of rotatable bonds is 5. The minimum absolute atomic E-state index is 0.0130. The first-order chi connectivity index (χ1) is 9.97. The van der Waals surface area contributed by atoms with Gasteiger partial charge in [-0.1, -0.05) is 6.07 Å². The quantitative estimate of drug-likeness (QED) is 0.786. The first kappa shape index (κ1) is 14.5. The number of carboxylic acids is 1. The van der Waals surface area contributed by atoms with Crippen molar-refractivity contribution >= 4 is 17.6 Å². The Balaban J connectivity index is 2.16. The van der Waals surface area contributed by atoms with Gasteiger partial charge in [0.25, 0.3) is 0 Å². The van der Waals surface area contributed by atoms with Gasteiger partial charge in [0.2, 0.25) is 5.91 Å². The summed E-state index contributed by atoms with van der Waals surface area (Å²) in [6.07, 6.45) is 0. The lowest BCUT2D eigenvalue weighted by Crippen LogP contribution is -2.11. The van der Waals surface area contributed by atoms with Crippen LogP contribution in [0.4, 0.5) is 10.1 Å². The summed E-state index contributed by atoms with van der Waals surface area (Å²) in [5.74, 6) is -2.18. The van der Waals surface area contributed by atoms with Gasteiger partial charge in [-0.05, 0) is 36.4 Å². The zero-order valence-electron chi connectivity index (χ0n) is 11.0. The van der Waals surface area contributed by atoms with Crippen molar-refractivity contribution in [2.45, 2.75) is 6.54 Å². The normalized spacial score (nSPS) is 10.1. The van der Waals surface area contributed by atoms with Crippen LogP contribution in [0.2, 0.25) is 0 Å². The van der Waals surface area contributed by atoms with E-state index in [1.165, 1.54) is 12.1 Å². The molecule has 0 unspecified atom stereocenters. The molecule has 0 aliphatic heterocycles. The van der Waals surface area contributed by atoms with Crippen molar-refractivity contribution in [3.05, 3.63) is 65.0 Å². The predicted molar refractivity (Wildman–Crippen MR) is 75.6 cm³/mol. The van der Waals surface area contributed by atoms with Gasteiger partial charge in [0.1, 0.15) is 5.82 Å². The molecule has 0 aliphatic carbocycles. The van der Waals surface area contributed by atoms with E-state index >= 15 is 0 Å². The molecule has 0 heterocycles. The van der Waals surface area contributed by atoms with Crippen LogP contribution in [-0.4, -0.2) is 17.0 Å². The maximum Gasteiger partial charge on any atom is 0.335 e. The fraction of sp³-hybridized carbons (Fsp3) is 0.0667. The average Bonchev–Trinajstić information content (AvgIpc) is 2.46. The summed E-state index contributed by atoms with van der Waals surface area (Å²) in [7, 11) is 0. The van der Waals surface area contributed by atoms with E-state index in [1.807, 2.05) is 0 Å². The molecule has 0 aliphatic rings. The number of aromatic carboxylic acids is 1. The minimum Gasteiger partial charge on any atom is -0.478 e. The van der Waals surface area contributed by atoms with Gasteiger partial charge in [0.15, 0.2) is 0 Å². The third-order valence-electron chi connectivity index (χ3n) is 2.92. The van der Waals surface area contributed by atoms with E-state index in [0.29, 0.717) is 11.3 Å². The van der Waals surface area contributed by atoms with Crippen LogP contribution in [0, 0.1) is 5.82 Å². The first-order valence-corrected chi connectivity index (χ1v) is 6.13. The highest BCUT2D eigenvalue weighted by Gasteiger charge is 2.08. The topological polar surface area (TPSA) is 92.4 Å². The number of hydrogen-bond acceptors (Lipinski definition) is 3. The highest BCUT2D eigenvalue weighted by molar-refractivity contribution is 5.93. The second-order valence-corrected chi connectivity index (χ2v) is 4.41. The van der Waals surface area contributed by atoms with Crippen LogP contribution in [0.1, 0.15) is 26.3 Å². The molecule has 5 nitrogen and oxygen atoms in total. The number of carbonyl (C=O) groups is 2. The molecule has 0 saturated heterocycles. The molecule has 2 rings (SSSR count). The molecular weight excluding hydrogens is 275 g/mol. The van der Waals surface area contributed by atoms with Gasteiger partial charge >= 0.3 is 5.97 Å². The highest BCUT2D eigenvalue weighted by Crippen LogP contribution is 2.15. The lowest BCUT2D eigenvalue weighted by atomic mass is 10.1. The van der Waals surface area contributed by atoms with Gasteiger partial charge in [-0.3, -0.25) is 4.79 Å². The summed E-state index contributed by atoms with van der Waals surface area (Å²) in [6, 6.07) is 10.0. The number of nitrogens with one attached hydrogen (secondary N) is 1. The molecule has 21 heavy (non-hydrogen) atoms. The van der Waals surface area contributed by atoms with Gasteiger partial charge in [0.05, 0.1) is 5.56 Å². The van der Waals surface area contributed by atoms with Crippen molar-refractivity contribution in [2.75, 3.05) is 5.32 Å². The van der Waals surface area contributed by atoms with Crippen molar-refractivity contribution in [1.82, 2.24) is 0 Å². The molecule has 0 radical (unpaired) electrons. The smallest absolute Gasteiger partial charge is 0.335 e. The molecule has 6 heteroatoms. The second kappa shape index (κ2) is 6.04. The van der Waals surface area contributed by atoms with Crippen molar-refractivity contribution in [3.8, 4) is 0 Å². The third-order valence-corrected chi connectivity index (χ3v) is 2.92. The number of carboxylic acid groups (broad SMARTS) is 1. The standard InChI is InChI=1S/C15H13FN2O3/c16-13-5-4-10(15(20)21)6-11(13)8-18-12-3-1-2-9(7-12)14(17)19/h1-7,18H,8H2,(H2,17,19)(H,20,21). The Labute approximate surface area is 120 Å². The van der Waals surface area contributed by atoms with Crippen LogP contribution in [0.15, 0.2) is 42.5 Å². The molecule has 108 valence electrons. The van der Waals surface area contributed by atoms with Gasteiger partial charge < -0.3 is 16.2 Å². The monoisotopic (exact) mass is 288 g/mol. The van der Waals surface area contributed by atoms with Crippen LogP contribution in [0.5, 0.6) is 0 Å². The maximum atomic E-state index is 13.6. The number of nitrogens with two attached hydrogens (primary N) is 1. The van der Waals surface area contributed by atoms with Gasteiger partial charge in [-0.15, -0.1) is 0 Å². The van der Waals surface area contributed by atoms with Crippen molar-refractivity contribution in [1.29, 1.82) is 0 Å². The minimum atomic E-state index is -1.12. The summed E-state index contributed by atoms with van der Waals surface area (Å²) < 4.78 is 13.6. The molecule has 1 amide bonds. The largest absolute Gasteiger partial charge is 0.478 e. The predicted octanol–water partition coefficient (Wildman–Crippen LogP) is 2.23. The summed E-state index contributed by atoms with van der Waals surface area (Å²) >= 11 is 0. The number of anilines is 1. The Kier molecular flexibility index (Phi) is 4.18. The van der Waals surface area contributed by atoms with Gasteiger partial charge in [-0.25, -0.2) is 9.18 Å². The number of amides is 1. The SMILES string of the molecule is NC(=O)c1cccc(NCc2cc(C(=O)O)ccc2F)c1. The average molecular weight is 288 g/mol. The van der Waals surface area contributed by atoms with Crippen LogP contribution in [0.3, 0.4) is 0 Å². The first-order valence-electron chi connectivity index (χ1n) is 6.13.